The molecule has 0 heterocycles. The van der Waals surface area contributed by atoms with Crippen LogP contribution in [0.3, 0.4) is 0 Å². The first-order valence-electron chi connectivity index (χ1n) is 4.53. The first-order valence-corrected chi connectivity index (χ1v) is 6.07. The van der Waals surface area contributed by atoms with E-state index in [4.69, 9.17) is 0 Å². The van der Waals surface area contributed by atoms with Gasteiger partial charge in [-0.3, -0.25) is 9.52 Å². The second-order valence-electron chi connectivity index (χ2n) is 3.52. The number of amides is 1. The molecule has 13 heavy (non-hydrogen) atoms. The molecule has 1 fully saturated rings. The molecule has 0 unspecified atom stereocenters. The van der Waals surface area contributed by atoms with Crippen molar-refractivity contribution >= 4 is 15.9 Å². The molecule has 0 radical (unpaired) electrons. The SMILES string of the molecule is CC[C@H](C)C(=O)NS(=O)(=O)C1CC1. The average molecular weight is 205 g/mol. The van der Waals surface area contributed by atoms with Gasteiger partial charge in [-0.25, -0.2) is 8.42 Å². The van der Waals surface area contributed by atoms with E-state index in [-0.39, 0.29) is 17.1 Å². The summed E-state index contributed by atoms with van der Waals surface area (Å²) in [5.74, 6) is -0.608. The summed E-state index contributed by atoms with van der Waals surface area (Å²) in [4.78, 5) is 11.2. The fraction of sp³-hybridized carbons (Fsp3) is 0.875. The lowest BCUT2D eigenvalue weighted by Gasteiger charge is -2.09. The zero-order valence-electron chi connectivity index (χ0n) is 7.91. The molecule has 1 rings (SSSR count). The Balaban J connectivity index is 2.52. The van der Waals surface area contributed by atoms with Gasteiger partial charge in [0.05, 0.1) is 5.25 Å². The lowest BCUT2D eigenvalue weighted by molar-refractivity contribution is -0.122. The lowest BCUT2D eigenvalue weighted by Crippen LogP contribution is -2.36. The summed E-state index contributed by atoms with van der Waals surface area (Å²) in [5, 5.41) is -0.319. The maximum Gasteiger partial charge on any atom is 0.237 e. The van der Waals surface area contributed by atoms with E-state index in [0.29, 0.717) is 19.3 Å². The van der Waals surface area contributed by atoms with Crippen LogP contribution in [0.2, 0.25) is 0 Å². The van der Waals surface area contributed by atoms with E-state index in [9.17, 15) is 13.2 Å². The van der Waals surface area contributed by atoms with Crippen molar-refractivity contribution in [3.05, 3.63) is 0 Å². The predicted octanol–water partition coefficient (Wildman–Crippen LogP) is 0.641. The number of rotatable bonds is 4. The quantitative estimate of drug-likeness (QED) is 0.732. The molecule has 1 saturated carbocycles. The molecule has 1 aliphatic rings. The van der Waals surface area contributed by atoms with E-state index in [1.165, 1.54) is 0 Å². The molecular formula is C8H15NO3S. The maximum absolute atomic E-state index is 11.3. The van der Waals surface area contributed by atoms with Crippen molar-refractivity contribution in [3.63, 3.8) is 0 Å². The third kappa shape index (κ3) is 2.69. The van der Waals surface area contributed by atoms with Gasteiger partial charge in [-0.1, -0.05) is 13.8 Å². The first-order chi connectivity index (χ1) is 5.97. The molecule has 0 aliphatic heterocycles. The Kier molecular flexibility index (Phi) is 2.95. The van der Waals surface area contributed by atoms with Gasteiger partial charge in [0.15, 0.2) is 0 Å². The van der Waals surface area contributed by atoms with Crippen molar-refractivity contribution in [3.8, 4) is 0 Å². The molecule has 0 bridgehead atoms. The minimum absolute atomic E-state index is 0.228. The highest BCUT2D eigenvalue weighted by Crippen LogP contribution is 2.27. The van der Waals surface area contributed by atoms with E-state index < -0.39 is 10.0 Å². The predicted molar refractivity (Wildman–Crippen MR) is 49.5 cm³/mol. The van der Waals surface area contributed by atoms with Crippen LogP contribution >= 0.6 is 0 Å². The number of hydrogen-bond donors (Lipinski definition) is 1. The van der Waals surface area contributed by atoms with Crippen LogP contribution in [0.15, 0.2) is 0 Å². The number of carbonyl (C=O) groups excluding carboxylic acids is 1. The Morgan fingerprint density at radius 1 is 1.54 bits per heavy atom. The van der Waals surface area contributed by atoms with Crippen LogP contribution < -0.4 is 4.72 Å². The monoisotopic (exact) mass is 205 g/mol. The molecule has 1 aliphatic carbocycles. The summed E-state index contributed by atoms with van der Waals surface area (Å²) in [6, 6.07) is 0. The number of sulfonamides is 1. The fourth-order valence-corrected chi connectivity index (χ4v) is 2.29. The average Bonchev–Trinajstić information content (AvgIpc) is 2.84. The van der Waals surface area contributed by atoms with Gasteiger partial charge in [0.2, 0.25) is 15.9 Å². The molecule has 0 saturated heterocycles. The van der Waals surface area contributed by atoms with Gasteiger partial charge in [0.1, 0.15) is 0 Å². The highest BCUT2D eigenvalue weighted by molar-refractivity contribution is 7.90. The minimum atomic E-state index is -3.34. The minimum Gasteiger partial charge on any atom is -0.274 e. The molecular weight excluding hydrogens is 190 g/mol. The summed E-state index contributed by atoms with van der Waals surface area (Å²) >= 11 is 0. The second kappa shape index (κ2) is 3.65. The van der Waals surface area contributed by atoms with E-state index >= 15 is 0 Å². The van der Waals surface area contributed by atoms with Gasteiger partial charge in [-0.05, 0) is 19.3 Å². The molecule has 4 nitrogen and oxygen atoms in total. The van der Waals surface area contributed by atoms with E-state index in [1.54, 1.807) is 6.92 Å². The highest BCUT2D eigenvalue weighted by atomic mass is 32.2. The normalized spacial score (nSPS) is 19.5. The Bertz CT molecular complexity index is 293. The third-order valence-corrected chi connectivity index (χ3v) is 4.10. The van der Waals surface area contributed by atoms with Crippen molar-refractivity contribution in [2.45, 2.75) is 38.4 Å². The van der Waals surface area contributed by atoms with Crippen molar-refractivity contribution in [1.82, 2.24) is 4.72 Å². The van der Waals surface area contributed by atoms with Crippen molar-refractivity contribution in [2.24, 2.45) is 5.92 Å². The Labute approximate surface area is 78.8 Å². The molecule has 5 heteroatoms. The summed E-state index contributed by atoms with van der Waals surface area (Å²) in [6.45, 7) is 3.58. The molecule has 0 spiro atoms. The van der Waals surface area contributed by atoms with Gasteiger partial charge in [-0.2, -0.15) is 0 Å². The smallest absolute Gasteiger partial charge is 0.237 e. The maximum atomic E-state index is 11.3. The van der Waals surface area contributed by atoms with Crippen LogP contribution in [-0.2, 0) is 14.8 Å². The third-order valence-electron chi connectivity index (χ3n) is 2.27. The van der Waals surface area contributed by atoms with Crippen molar-refractivity contribution in [1.29, 1.82) is 0 Å². The van der Waals surface area contributed by atoms with E-state index in [1.807, 2.05) is 6.92 Å². The summed E-state index contributed by atoms with van der Waals surface area (Å²) < 4.78 is 24.7. The van der Waals surface area contributed by atoms with Gasteiger partial charge >= 0.3 is 0 Å². The molecule has 1 atom stereocenters. The van der Waals surface area contributed by atoms with Crippen LogP contribution in [-0.4, -0.2) is 19.6 Å². The van der Waals surface area contributed by atoms with Crippen LogP contribution in [0, 0.1) is 5.92 Å². The molecule has 0 aromatic heterocycles. The fourth-order valence-electron chi connectivity index (χ4n) is 0.888. The Morgan fingerprint density at radius 2 is 2.08 bits per heavy atom. The van der Waals surface area contributed by atoms with Crippen LogP contribution in [0.5, 0.6) is 0 Å². The lowest BCUT2D eigenvalue weighted by atomic mass is 10.1. The van der Waals surface area contributed by atoms with Gasteiger partial charge in [0.25, 0.3) is 0 Å². The van der Waals surface area contributed by atoms with Gasteiger partial charge in [0, 0.05) is 5.92 Å². The molecule has 1 amide bonds. The number of carbonyl (C=O) groups is 1. The topological polar surface area (TPSA) is 63.2 Å². The molecule has 0 aromatic rings. The zero-order chi connectivity index (χ0) is 10.1. The summed E-state index contributed by atoms with van der Waals surface area (Å²) in [6.07, 6.45) is 2.03. The summed E-state index contributed by atoms with van der Waals surface area (Å²) in [7, 11) is -3.34. The van der Waals surface area contributed by atoms with Crippen LogP contribution in [0.1, 0.15) is 33.1 Å². The van der Waals surface area contributed by atoms with E-state index in [0.717, 1.165) is 0 Å². The van der Waals surface area contributed by atoms with Gasteiger partial charge in [-0.15, -0.1) is 0 Å². The standard InChI is InChI=1S/C8H15NO3S/c1-3-6(2)8(10)9-13(11,12)7-4-5-7/h6-7H,3-5H2,1-2H3,(H,9,10)/t6-/m0/s1. The zero-order valence-corrected chi connectivity index (χ0v) is 8.73. The van der Waals surface area contributed by atoms with E-state index in [2.05, 4.69) is 4.72 Å². The van der Waals surface area contributed by atoms with Crippen molar-refractivity contribution < 1.29 is 13.2 Å². The Hall–Kier alpha value is -0.580. The largest absolute Gasteiger partial charge is 0.274 e. The van der Waals surface area contributed by atoms with Crippen LogP contribution in [0.4, 0.5) is 0 Å². The first kappa shape index (κ1) is 10.5. The van der Waals surface area contributed by atoms with Gasteiger partial charge < -0.3 is 0 Å². The second-order valence-corrected chi connectivity index (χ2v) is 5.48. The highest BCUT2D eigenvalue weighted by Gasteiger charge is 2.37. The number of nitrogens with one attached hydrogen (secondary N) is 1. The molecule has 76 valence electrons. The molecule has 0 aromatic carbocycles. The summed E-state index contributed by atoms with van der Waals surface area (Å²) in [5.41, 5.74) is 0. The Morgan fingerprint density at radius 3 is 2.46 bits per heavy atom. The van der Waals surface area contributed by atoms with Crippen molar-refractivity contribution in [2.75, 3.05) is 0 Å². The number of hydrogen-bond acceptors (Lipinski definition) is 3. The molecule has 1 N–H and O–H groups in total. The van der Waals surface area contributed by atoms with Crippen LogP contribution in [0.25, 0.3) is 0 Å².